The second-order valence-electron chi connectivity index (χ2n) is 4.84. The quantitative estimate of drug-likeness (QED) is 0.462. The summed E-state index contributed by atoms with van der Waals surface area (Å²) < 4.78 is 0. The van der Waals surface area contributed by atoms with Gasteiger partial charge in [-0.2, -0.15) is 0 Å². The van der Waals surface area contributed by atoms with Gasteiger partial charge in [0.25, 0.3) is 0 Å². The molecule has 0 amide bonds. The Morgan fingerprint density at radius 3 is 2.62 bits per heavy atom. The maximum Gasteiger partial charge on any atom is -0.00659 e. The molecule has 0 aromatic rings. The molecule has 1 atom stereocenters. The van der Waals surface area contributed by atoms with Crippen molar-refractivity contribution >= 4 is 17.1 Å². The Hall–Kier alpha value is 0.0900. The third-order valence-electron chi connectivity index (χ3n) is 3.27. The molecular formula is C12H22S. The molecule has 0 radical (unpaired) electrons. The maximum atomic E-state index is 5.27. The fraction of sp³-hybridized carbons (Fsp3) is 0.917. The van der Waals surface area contributed by atoms with Gasteiger partial charge in [-0.3, -0.25) is 0 Å². The fourth-order valence-electron chi connectivity index (χ4n) is 2.29. The van der Waals surface area contributed by atoms with Crippen LogP contribution in [-0.2, 0) is 0 Å². The molecule has 0 bridgehead atoms. The van der Waals surface area contributed by atoms with Crippen molar-refractivity contribution in [1.82, 2.24) is 0 Å². The van der Waals surface area contributed by atoms with E-state index in [1.54, 1.807) is 0 Å². The summed E-state index contributed by atoms with van der Waals surface area (Å²) in [6.45, 7) is 4.69. The summed E-state index contributed by atoms with van der Waals surface area (Å²) in [5, 5.41) is 0. The number of unbranched alkanes of at least 4 members (excludes halogenated alkanes) is 3. The van der Waals surface area contributed by atoms with Crippen LogP contribution in [0.4, 0.5) is 0 Å². The zero-order valence-corrected chi connectivity index (χ0v) is 9.88. The van der Waals surface area contributed by atoms with Crippen LogP contribution in [0.1, 0.15) is 65.2 Å². The van der Waals surface area contributed by atoms with Gasteiger partial charge in [-0.25, -0.2) is 0 Å². The topological polar surface area (TPSA) is 0 Å². The summed E-state index contributed by atoms with van der Waals surface area (Å²) in [7, 11) is 0. The predicted octanol–water partition coefficient (Wildman–Crippen LogP) is 4.52. The molecule has 0 nitrogen and oxygen atoms in total. The minimum atomic E-state index is 0.574. The first-order chi connectivity index (χ1) is 6.16. The third kappa shape index (κ3) is 3.76. The van der Waals surface area contributed by atoms with Crippen molar-refractivity contribution in [3.63, 3.8) is 0 Å². The molecule has 0 aromatic heterocycles. The molecule has 1 fully saturated rings. The SMILES string of the molecule is CCCCCCC1(C)CCC(=S)C1. The molecule has 0 saturated heterocycles. The molecule has 0 spiro atoms. The summed E-state index contributed by atoms with van der Waals surface area (Å²) in [6.07, 6.45) is 10.7. The Morgan fingerprint density at radius 1 is 1.31 bits per heavy atom. The Morgan fingerprint density at radius 2 is 2.08 bits per heavy atom. The van der Waals surface area contributed by atoms with Gasteiger partial charge >= 0.3 is 0 Å². The Bertz CT molecular complexity index is 174. The highest BCUT2D eigenvalue weighted by Gasteiger charge is 2.30. The molecule has 1 aliphatic carbocycles. The van der Waals surface area contributed by atoms with E-state index in [1.165, 1.54) is 56.2 Å². The van der Waals surface area contributed by atoms with Crippen LogP contribution in [-0.4, -0.2) is 4.86 Å². The molecule has 13 heavy (non-hydrogen) atoms. The monoisotopic (exact) mass is 198 g/mol. The second-order valence-corrected chi connectivity index (χ2v) is 5.41. The first kappa shape index (κ1) is 11.2. The highest BCUT2D eigenvalue weighted by atomic mass is 32.1. The Balaban J connectivity index is 2.16. The zero-order chi connectivity index (χ0) is 9.73. The van der Waals surface area contributed by atoms with Crippen LogP contribution in [0, 0.1) is 5.41 Å². The van der Waals surface area contributed by atoms with E-state index >= 15 is 0 Å². The molecular weight excluding hydrogens is 176 g/mol. The average Bonchev–Trinajstić information content (AvgIpc) is 2.41. The predicted molar refractivity (Wildman–Crippen MR) is 63.3 cm³/mol. The van der Waals surface area contributed by atoms with Gasteiger partial charge in [-0.1, -0.05) is 51.7 Å². The highest BCUT2D eigenvalue weighted by molar-refractivity contribution is 7.80. The lowest BCUT2D eigenvalue weighted by Gasteiger charge is -2.22. The number of hydrogen-bond donors (Lipinski definition) is 0. The molecule has 1 aliphatic rings. The van der Waals surface area contributed by atoms with Crippen molar-refractivity contribution in [3.8, 4) is 0 Å². The van der Waals surface area contributed by atoms with E-state index in [9.17, 15) is 0 Å². The van der Waals surface area contributed by atoms with Crippen molar-refractivity contribution in [3.05, 3.63) is 0 Å². The summed E-state index contributed by atoms with van der Waals surface area (Å²) in [6, 6.07) is 0. The van der Waals surface area contributed by atoms with Crippen LogP contribution < -0.4 is 0 Å². The van der Waals surface area contributed by atoms with E-state index < -0.39 is 0 Å². The minimum Gasteiger partial charge on any atom is -0.0897 e. The smallest absolute Gasteiger partial charge is 0.00659 e. The molecule has 1 unspecified atom stereocenters. The van der Waals surface area contributed by atoms with Crippen molar-refractivity contribution in [1.29, 1.82) is 0 Å². The molecule has 76 valence electrons. The van der Waals surface area contributed by atoms with Gasteiger partial charge < -0.3 is 0 Å². The first-order valence-electron chi connectivity index (χ1n) is 5.68. The largest absolute Gasteiger partial charge is 0.0897 e. The lowest BCUT2D eigenvalue weighted by Crippen LogP contribution is -2.11. The summed E-state index contributed by atoms with van der Waals surface area (Å²) in [4.78, 5) is 1.32. The van der Waals surface area contributed by atoms with Gasteiger partial charge in [0.05, 0.1) is 0 Å². The van der Waals surface area contributed by atoms with Gasteiger partial charge in [0.15, 0.2) is 0 Å². The van der Waals surface area contributed by atoms with Crippen molar-refractivity contribution < 1.29 is 0 Å². The fourth-order valence-corrected chi connectivity index (χ4v) is 2.74. The number of thiocarbonyl (C=S) groups is 1. The summed E-state index contributed by atoms with van der Waals surface area (Å²) >= 11 is 5.27. The maximum absolute atomic E-state index is 5.27. The molecule has 0 aromatic carbocycles. The molecule has 0 heterocycles. The average molecular weight is 198 g/mol. The molecule has 1 saturated carbocycles. The van der Waals surface area contributed by atoms with Gasteiger partial charge in [-0.15, -0.1) is 0 Å². The van der Waals surface area contributed by atoms with E-state index in [2.05, 4.69) is 13.8 Å². The second kappa shape index (κ2) is 5.09. The molecule has 1 rings (SSSR count). The zero-order valence-electron chi connectivity index (χ0n) is 9.07. The van der Waals surface area contributed by atoms with Crippen LogP contribution in [0.2, 0.25) is 0 Å². The van der Waals surface area contributed by atoms with Gasteiger partial charge in [0, 0.05) is 0 Å². The van der Waals surface area contributed by atoms with E-state index in [4.69, 9.17) is 12.2 Å². The van der Waals surface area contributed by atoms with E-state index in [1.807, 2.05) is 0 Å². The van der Waals surface area contributed by atoms with Crippen LogP contribution in [0.25, 0.3) is 0 Å². The normalized spacial score (nSPS) is 28.3. The standard InChI is InChI=1S/C12H22S/c1-3-4-5-6-8-12(2)9-7-11(13)10-12/h3-10H2,1-2H3. The molecule has 1 heteroatoms. The first-order valence-corrected chi connectivity index (χ1v) is 6.09. The lowest BCUT2D eigenvalue weighted by atomic mass is 9.83. The van der Waals surface area contributed by atoms with E-state index in [-0.39, 0.29) is 0 Å². The highest BCUT2D eigenvalue weighted by Crippen LogP contribution is 2.40. The van der Waals surface area contributed by atoms with E-state index in [0.717, 1.165) is 0 Å². The third-order valence-corrected chi connectivity index (χ3v) is 3.61. The minimum absolute atomic E-state index is 0.574. The van der Waals surface area contributed by atoms with Crippen LogP contribution in [0.5, 0.6) is 0 Å². The van der Waals surface area contributed by atoms with Gasteiger partial charge in [0.2, 0.25) is 0 Å². The molecule has 0 aliphatic heterocycles. The van der Waals surface area contributed by atoms with Crippen molar-refractivity contribution in [2.24, 2.45) is 5.41 Å². The summed E-state index contributed by atoms with van der Waals surface area (Å²) in [5.41, 5.74) is 0.574. The Labute approximate surface area is 88.1 Å². The number of rotatable bonds is 5. The van der Waals surface area contributed by atoms with Gasteiger partial charge in [-0.05, 0) is 36.0 Å². The number of hydrogen-bond acceptors (Lipinski definition) is 1. The lowest BCUT2D eigenvalue weighted by molar-refractivity contribution is 0.303. The van der Waals surface area contributed by atoms with Crippen molar-refractivity contribution in [2.75, 3.05) is 0 Å². The van der Waals surface area contributed by atoms with E-state index in [0.29, 0.717) is 5.41 Å². The van der Waals surface area contributed by atoms with Gasteiger partial charge in [0.1, 0.15) is 0 Å². The van der Waals surface area contributed by atoms with Crippen LogP contribution in [0.15, 0.2) is 0 Å². The Kier molecular flexibility index (Phi) is 4.37. The van der Waals surface area contributed by atoms with Crippen molar-refractivity contribution in [2.45, 2.75) is 65.2 Å². The van der Waals surface area contributed by atoms with Crippen LogP contribution in [0.3, 0.4) is 0 Å². The van der Waals surface area contributed by atoms with Crippen LogP contribution >= 0.6 is 12.2 Å². The summed E-state index contributed by atoms with van der Waals surface area (Å²) in [5.74, 6) is 0. The molecule has 0 N–H and O–H groups in total.